The Bertz CT molecular complexity index is 374. The number of nitrogens with one attached hydrogen (secondary N) is 1. The fourth-order valence-corrected chi connectivity index (χ4v) is 1.73. The highest BCUT2D eigenvalue weighted by Gasteiger charge is 1.98. The molecule has 0 atom stereocenters. The second kappa shape index (κ2) is 8.03. The molecule has 0 spiro atoms. The van der Waals surface area contributed by atoms with E-state index in [1.54, 1.807) is 19.2 Å². The van der Waals surface area contributed by atoms with Crippen molar-refractivity contribution in [2.24, 2.45) is 0 Å². The van der Waals surface area contributed by atoms with E-state index in [1.165, 1.54) is 0 Å². The molecule has 0 bridgehead atoms. The van der Waals surface area contributed by atoms with E-state index in [1.807, 2.05) is 17.6 Å². The van der Waals surface area contributed by atoms with Crippen LogP contribution >= 0.6 is 0 Å². The molecule has 0 aliphatic carbocycles. The fraction of sp³-hybridized carbons (Fsp3) is 0.615. The fourth-order valence-electron chi connectivity index (χ4n) is 1.73. The van der Waals surface area contributed by atoms with E-state index in [0.29, 0.717) is 0 Å². The molecular weight excluding hydrogens is 216 g/mol. The largest absolute Gasteiger partial charge is 0.383 e. The van der Waals surface area contributed by atoms with Crippen molar-refractivity contribution in [3.05, 3.63) is 34.2 Å². The van der Waals surface area contributed by atoms with E-state index in [2.05, 4.69) is 5.32 Å². The van der Waals surface area contributed by atoms with Crippen LogP contribution in [0.2, 0.25) is 0 Å². The molecule has 0 fully saturated rings. The second-order valence-electron chi connectivity index (χ2n) is 4.11. The first-order chi connectivity index (χ1) is 8.25. The van der Waals surface area contributed by atoms with Gasteiger partial charge in [-0.2, -0.15) is 0 Å². The predicted molar refractivity (Wildman–Crippen MR) is 69.4 cm³/mol. The van der Waals surface area contributed by atoms with Crippen LogP contribution in [0, 0.1) is 6.92 Å². The molecule has 1 N–H and O–H groups in total. The summed E-state index contributed by atoms with van der Waals surface area (Å²) < 4.78 is 6.77. The molecule has 1 rings (SSSR count). The standard InChI is InChI=1S/C13H22N2O2/c1-12-6-5-7-13(16)15(12)10-4-3-8-14-9-11-17-2/h5-7,14H,3-4,8-11H2,1-2H3. The molecule has 0 aliphatic rings. The van der Waals surface area contributed by atoms with Gasteiger partial charge in [0.1, 0.15) is 0 Å². The molecule has 96 valence electrons. The van der Waals surface area contributed by atoms with E-state index < -0.39 is 0 Å². The van der Waals surface area contributed by atoms with Gasteiger partial charge in [-0.1, -0.05) is 6.07 Å². The highest BCUT2D eigenvalue weighted by atomic mass is 16.5. The highest BCUT2D eigenvalue weighted by molar-refractivity contribution is 5.04. The van der Waals surface area contributed by atoms with Crippen molar-refractivity contribution in [2.75, 3.05) is 26.8 Å². The molecule has 1 aromatic rings. The Balaban J connectivity index is 2.20. The van der Waals surface area contributed by atoms with Crippen LogP contribution in [-0.2, 0) is 11.3 Å². The van der Waals surface area contributed by atoms with Gasteiger partial charge in [0.25, 0.3) is 5.56 Å². The summed E-state index contributed by atoms with van der Waals surface area (Å²) in [7, 11) is 1.70. The summed E-state index contributed by atoms with van der Waals surface area (Å²) >= 11 is 0. The van der Waals surface area contributed by atoms with Crippen LogP contribution in [0.1, 0.15) is 18.5 Å². The molecule has 4 heteroatoms. The third kappa shape index (κ3) is 5.15. The van der Waals surface area contributed by atoms with Crippen LogP contribution < -0.4 is 10.9 Å². The first-order valence-corrected chi connectivity index (χ1v) is 6.12. The lowest BCUT2D eigenvalue weighted by atomic mass is 10.3. The van der Waals surface area contributed by atoms with E-state index in [0.717, 1.165) is 44.8 Å². The van der Waals surface area contributed by atoms with Gasteiger partial charge in [0.15, 0.2) is 0 Å². The SMILES string of the molecule is COCCNCCCCn1c(C)cccc1=O. The maximum absolute atomic E-state index is 11.6. The van der Waals surface area contributed by atoms with Gasteiger partial charge in [-0.05, 0) is 32.4 Å². The average Bonchev–Trinajstić information content (AvgIpc) is 2.31. The van der Waals surface area contributed by atoms with E-state index in [4.69, 9.17) is 4.74 Å². The Morgan fingerprint density at radius 3 is 2.82 bits per heavy atom. The highest BCUT2D eigenvalue weighted by Crippen LogP contribution is 1.97. The molecule has 17 heavy (non-hydrogen) atoms. The van der Waals surface area contributed by atoms with Crippen molar-refractivity contribution in [1.29, 1.82) is 0 Å². The smallest absolute Gasteiger partial charge is 0.250 e. The van der Waals surface area contributed by atoms with Crippen molar-refractivity contribution in [2.45, 2.75) is 26.3 Å². The topological polar surface area (TPSA) is 43.3 Å². The first-order valence-electron chi connectivity index (χ1n) is 6.12. The van der Waals surface area contributed by atoms with Crippen LogP contribution in [-0.4, -0.2) is 31.4 Å². The van der Waals surface area contributed by atoms with Gasteiger partial charge in [0, 0.05) is 32.0 Å². The minimum atomic E-state index is 0.0948. The van der Waals surface area contributed by atoms with Crippen LogP contribution in [0.5, 0.6) is 0 Å². The third-order valence-electron chi connectivity index (χ3n) is 2.74. The van der Waals surface area contributed by atoms with E-state index >= 15 is 0 Å². The number of unbranched alkanes of at least 4 members (excludes halogenated alkanes) is 1. The summed E-state index contributed by atoms with van der Waals surface area (Å²) in [6.07, 6.45) is 2.09. The average molecular weight is 238 g/mol. The Kier molecular flexibility index (Phi) is 6.58. The summed E-state index contributed by atoms with van der Waals surface area (Å²) in [4.78, 5) is 11.6. The lowest BCUT2D eigenvalue weighted by Gasteiger charge is -2.09. The Labute approximate surface area is 103 Å². The van der Waals surface area contributed by atoms with Crippen molar-refractivity contribution < 1.29 is 4.74 Å². The van der Waals surface area contributed by atoms with Crippen molar-refractivity contribution in [1.82, 2.24) is 9.88 Å². The van der Waals surface area contributed by atoms with Gasteiger partial charge in [-0.3, -0.25) is 4.79 Å². The number of nitrogens with zero attached hydrogens (tertiary/aromatic N) is 1. The monoisotopic (exact) mass is 238 g/mol. The Hall–Kier alpha value is -1.13. The molecule has 0 aromatic carbocycles. The first kappa shape index (κ1) is 13.9. The van der Waals surface area contributed by atoms with Crippen LogP contribution in [0.25, 0.3) is 0 Å². The number of rotatable bonds is 8. The van der Waals surface area contributed by atoms with Crippen LogP contribution in [0.4, 0.5) is 0 Å². The molecule has 0 unspecified atom stereocenters. The molecule has 0 saturated heterocycles. The zero-order chi connectivity index (χ0) is 12.5. The van der Waals surface area contributed by atoms with Gasteiger partial charge in [0.05, 0.1) is 6.61 Å². The number of aromatic nitrogens is 1. The van der Waals surface area contributed by atoms with Crippen molar-refractivity contribution in [3.63, 3.8) is 0 Å². The number of hydrogen-bond donors (Lipinski definition) is 1. The second-order valence-corrected chi connectivity index (χ2v) is 4.11. The molecule has 0 radical (unpaired) electrons. The van der Waals surface area contributed by atoms with E-state index in [-0.39, 0.29) is 5.56 Å². The summed E-state index contributed by atoms with van der Waals surface area (Å²) in [6, 6.07) is 5.39. The maximum atomic E-state index is 11.6. The van der Waals surface area contributed by atoms with E-state index in [9.17, 15) is 4.79 Å². The maximum Gasteiger partial charge on any atom is 0.250 e. The number of methoxy groups -OCH3 is 1. The van der Waals surface area contributed by atoms with Gasteiger partial charge in [0.2, 0.25) is 0 Å². The minimum absolute atomic E-state index is 0.0948. The number of pyridine rings is 1. The Morgan fingerprint density at radius 1 is 1.29 bits per heavy atom. The summed E-state index contributed by atoms with van der Waals surface area (Å²) in [5, 5.41) is 3.29. The number of hydrogen-bond acceptors (Lipinski definition) is 3. The van der Waals surface area contributed by atoms with Crippen molar-refractivity contribution in [3.8, 4) is 0 Å². The molecule has 0 amide bonds. The molecular formula is C13H22N2O2. The third-order valence-corrected chi connectivity index (χ3v) is 2.74. The lowest BCUT2D eigenvalue weighted by molar-refractivity contribution is 0.199. The zero-order valence-electron chi connectivity index (χ0n) is 10.7. The molecule has 0 aliphatic heterocycles. The summed E-state index contributed by atoms with van der Waals surface area (Å²) in [5.41, 5.74) is 1.13. The van der Waals surface area contributed by atoms with Crippen LogP contribution in [0.15, 0.2) is 23.0 Å². The number of ether oxygens (including phenoxy) is 1. The Morgan fingerprint density at radius 2 is 2.12 bits per heavy atom. The van der Waals surface area contributed by atoms with Gasteiger partial charge >= 0.3 is 0 Å². The predicted octanol–water partition coefficient (Wildman–Crippen LogP) is 1.17. The summed E-state index contributed by atoms with van der Waals surface area (Å²) in [5.74, 6) is 0. The lowest BCUT2D eigenvalue weighted by Crippen LogP contribution is -2.23. The molecule has 0 saturated carbocycles. The van der Waals surface area contributed by atoms with Gasteiger partial charge in [-0.25, -0.2) is 0 Å². The van der Waals surface area contributed by atoms with Gasteiger partial charge < -0.3 is 14.6 Å². The molecule has 1 heterocycles. The molecule has 1 aromatic heterocycles. The molecule has 4 nitrogen and oxygen atoms in total. The zero-order valence-corrected chi connectivity index (χ0v) is 10.7. The summed E-state index contributed by atoms with van der Waals surface area (Å²) in [6.45, 7) is 5.39. The van der Waals surface area contributed by atoms with Crippen LogP contribution in [0.3, 0.4) is 0 Å². The quantitative estimate of drug-likeness (QED) is 0.691. The van der Waals surface area contributed by atoms with Crippen molar-refractivity contribution >= 4 is 0 Å². The van der Waals surface area contributed by atoms with Gasteiger partial charge in [-0.15, -0.1) is 0 Å². The number of aryl methyl sites for hydroxylation is 1. The normalized spacial score (nSPS) is 10.7. The minimum Gasteiger partial charge on any atom is -0.383 e.